The van der Waals surface area contributed by atoms with Gasteiger partial charge in [-0.25, -0.2) is 4.79 Å². The molecule has 0 bridgehead atoms. The Morgan fingerprint density at radius 2 is 1.26 bits per heavy atom. The molecule has 0 aliphatic heterocycles. The van der Waals surface area contributed by atoms with E-state index in [1.165, 1.54) is 4.90 Å². The lowest BCUT2D eigenvalue weighted by molar-refractivity contribution is -0.0110. The van der Waals surface area contributed by atoms with E-state index in [0.29, 0.717) is 0 Å². The van der Waals surface area contributed by atoms with Gasteiger partial charge in [-0.2, -0.15) is 0 Å². The van der Waals surface area contributed by atoms with Gasteiger partial charge in [-0.1, -0.05) is 0 Å². The first-order valence-electron chi connectivity index (χ1n) is 6.38. The van der Waals surface area contributed by atoms with E-state index >= 15 is 0 Å². The van der Waals surface area contributed by atoms with Crippen molar-refractivity contribution >= 4 is 6.03 Å². The molecule has 0 saturated heterocycles. The summed E-state index contributed by atoms with van der Waals surface area (Å²) in [6, 6.07) is -0.433. The van der Waals surface area contributed by atoms with Crippen molar-refractivity contribution < 1.29 is 20.1 Å². The zero-order chi connectivity index (χ0) is 15.5. The molecular weight excluding hydrogens is 248 g/mol. The molecule has 0 aliphatic carbocycles. The van der Waals surface area contributed by atoms with Crippen LogP contribution in [0.5, 0.6) is 0 Å². The van der Waals surface area contributed by atoms with Crippen LogP contribution >= 0.6 is 0 Å². The summed E-state index contributed by atoms with van der Waals surface area (Å²) in [6.07, 6.45) is 0. The number of nitrogens with zero attached hydrogens (tertiary/aromatic N) is 1. The number of carbonyl (C=O) groups is 1. The highest BCUT2D eigenvalue weighted by molar-refractivity contribution is 5.76. The van der Waals surface area contributed by atoms with Gasteiger partial charge in [0.1, 0.15) is 0 Å². The average Bonchev–Trinajstić information content (AvgIpc) is 2.27. The SMILES string of the molecule is CC(C)(CO)NC(=O)N(C(C)(C)CO)C(C)(C)CO. The van der Waals surface area contributed by atoms with Gasteiger partial charge in [-0.05, 0) is 41.5 Å². The molecule has 0 atom stereocenters. The van der Waals surface area contributed by atoms with Crippen LogP contribution in [0.15, 0.2) is 0 Å². The van der Waals surface area contributed by atoms with Crippen molar-refractivity contribution in [3.05, 3.63) is 0 Å². The summed E-state index contributed by atoms with van der Waals surface area (Å²) in [5.74, 6) is 0. The summed E-state index contributed by atoms with van der Waals surface area (Å²) in [5.41, 5.74) is -2.43. The zero-order valence-corrected chi connectivity index (χ0v) is 12.8. The van der Waals surface area contributed by atoms with Crippen LogP contribution in [0.2, 0.25) is 0 Å². The molecule has 6 nitrogen and oxygen atoms in total. The van der Waals surface area contributed by atoms with E-state index in [1.54, 1.807) is 41.5 Å². The molecule has 0 radical (unpaired) electrons. The second kappa shape index (κ2) is 6.07. The number of hydrogen-bond acceptors (Lipinski definition) is 4. The lowest BCUT2D eigenvalue weighted by Gasteiger charge is -2.48. The third kappa shape index (κ3) is 4.63. The zero-order valence-electron chi connectivity index (χ0n) is 12.8. The summed E-state index contributed by atoms with van der Waals surface area (Å²) >= 11 is 0. The third-order valence-corrected chi connectivity index (χ3v) is 3.03. The maximum atomic E-state index is 12.4. The molecule has 0 saturated carbocycles. The maximum absolute atomic E-state index is 12.4. The highest BCUT2D eigenvalue weighted by Crippen LogP contribution is 2.25. The first kappa shape index (κ1) is 18.1. The molecule has 19 heavy (non-hydrogen) atoms. The number of amides is 2. The van der Waals surface area contributed by atoms with Crippen LogP contribution in [0.4, 0.5) is 4.79 Å². The monoisotopic (exact) mass is 276 g/mol. The van der Waals surface area contributed by atoms with Gasteiger partial charge < -0.3 is 25.5 Å². The van der Waals surface area contributed by atoms with Gasteiger partial charge >= 0.3 is 6.03 Å². The number of carbonyl (C=O) groups excluding carboxylic acids is 1. The molecule has 6 heteroatoms. The molecule has 0 rings (SSSR count). The number of nitrogens with one attached hydrogen (secondary N) is 1. The van der Waals surface area contributed by atoms with Crippen molar-refractivity contribution in [1.82, 2.24) is 10.2 Å². The van der Waals surface area contributed by atoms with Crippen molar-refractivity contribution in [2.75, 3.05) is 19.8 Å². The Bertz CT molecular complexity index is 298. The fraction of sp³-hybridized carbons (Fsp3) is 0.923. The normalized spacial score (nSPS) is 13.3. The largest absolute Gasteiger partial charge is 0.394 e. The Balaban J connectivity index is 5.34. The standard InChI is InChI=1S/C13H28N2O4/c1-11(2,7-16)14-10(19)15(12(3,4)8-17)13(5,6)9-18/h16-18H,7-9H2,1-6H3,(H,14,19). The van der Waals surface area contributed by atoms with Crippen LogP contribution in [0.3, 0.4) is 0 Å². The number of urea groups is 1. The van der Waals surface area contributed by atoms with Gasteiger partial charge in [-0.3, -0.25) is 0 Å². The van der Waals surface area contributed by atoms with Gasteiger partial charge in [0.2, 0.25) is 0 Å². The number of aliphatic hydroxyl groups is 3. The first-order valence-corrected chi connectivity index (χ1v) is 6.38. The van der Waals surface area contributed by atoms with Crippen LogP contribution in [0, 0.1) is 0 Å². The molecular formula is C13H28N2O4. The molecule has 0 heterocycles. The van der Waals surface area contributed by atoms with Gasteiger partial charge in [-0.15, -0.1) is 0 Å². The van der Waals surface area contributed by atoms with Crippen LogP contribution in [-0.4, -0.2) is 62.7 Å². The van der Waals surface area contributed by atoms with Crippen molar-refractivity contribution in [2.45, 2.75) is 58.2 Å². The molecule has 0 aromatic carbocycles. The second-order valence-electron chi connectivity index (χ2n) is 6.75. The number of aliphatic hydroxyl groups excluding tert-OH is 3. The maximum Gasteiger partial charge on any atom is 0.318 e. The van der Waals surface area contributed by atoms with Gasteiger partial charge in [0, 0.05) is 0 Å². The molecule has 2 amide bonds. The molecule has 4 N–H and O–H groups in total. The first-order chi connectivity index (χ1) is 8.43. The predicted octanol–water partition coefficient (Wildman–Crippen LogP) is 0.311. The lowest BCUT2D eigenvalue weighted by atomic mass is 9.94. The summed E-state index contributed by atoms with van der Waals surface area (Å²) < 4.78 is 0. The predicted molar refractivity (Wildman–Crippen MR) is 73.9 cm³/mol. The Morgan fingerprint density at radius 3 is 1.53 bits per heavy atom. The quantitative estimate of drug-likeness (QED) is 0.562. The van der Waals surface area contributed by atoms with E-state index < -0.39 is 22.6 Å². The molecule has 0 aromatic heterocycles. The van der Waals surface area contributed by atoms with Crippen molar-refractivity contribution in [3.63, 3.8) is 0 Å². The molecule has 0 unspecified atom stereocenters. The van der Waals surface area contributed by atoms with E-state index in [1.807, 2.05) is 0 Å². The minimum Gasteiger partial charge on any atom is -0.394 e. The number of rotatable bonds is 6. The van der Waals surface area contributed by atoms with Crippen LogP contribution in [-0.2, 0) is 0 Å². The van der Waals surface area contributed by atoms with E-state index in [9.17, 15) is 20.1 Å². The Morgan fingerprint density at radius 1 is 0.895 bits per heavy atom. The van der Waals surface area contributed by atoms with Crippen molar-refractivity contribution in [3.8, 4) is 0 Å². The fourth-order valence-corrected chi connectivity index (χ4v) is 1.90. The minimum absolute atomic E-state index is 0.203. The lowest BCUT2D eigenvalue weighted by Crippen LogP contribution is -2.66. The Hall–Kier alpha value is -0.850. The smallest absolute Gasteiger partial charge is 0.318 e. The van der Waals surface area contributed by atoms with E-state index in [4.69, 9.17) is 0 Å². The highest BCUT2D eigenvalue weighted by atomic mass is 16.3. The van der Waals surface area contributed by atoms with E-state index in [0.717, 1.165) is 0 Å². The second-order valence-corrected chi connectivity index (χ2v) is 6.75. The summed E-state index contributed by atoms with van der Waals surface area (Å²) in [6.45, 7) is 9.60. The third-order valence-electron chi connectivity index (χ3n) is 3.03. The fourth-order valence-electron chi connectivity index (χ4n) is 1.90. The van der Waals surface area contributed by atoms with Gasteiger partial charge in [0.15, 0.2) is 0 Å². The van der Waals surface area contributed by atoms with E-state index in [2.05, 4.69) is 5.32 Å². The molecule has 114 valence electrons. The van der Waals surface area contributed by atoms with Gasteiger partial charge in [0.25, 0.3) is 0 Å². The Kier molecular flexibility index (Phi) is 5.80. The summed E-state index contributed by atoms with van der Waals surface area (Å²) in [4.78, 5) is 13.8. The minimum atomic E-state index is -0.831. The highest BCUT2D eigenvalue weighted by Gasteiger charge is 2.41. The van der Waals surface area contributed by atoms with Gasteiger partial charge in [0.05, 0.1) is 36.4 Å². The molecule has 0 fully saturated rings. The molecule has 0 spiro atoms. The topological polar surface area (TPSA) is 93.0 Å². The number of hydrogen-bond donors (Lipinski definition) is 4. The molecule has 0 aromatic rings. The Labute approximate surface area is 115 Å². The van der Waals surface area contributed by atoms with Crippen molar-refractivity contribution in [1.29, 1.82) is 0 Å². The van der Waals surface area contributed by atoms with Crippen LogP contribution < -0.4 is 5.32 Å². The molecule has 0 aliphatic rings. The average molecular weight is 276 g/mol. The summed E-state index contributed by atoms with van der Waals surface area (Å²) in [5, 5.41) is 30.9. The van der Waals surface area contributed by atoms with Crippen LogP contribution in [0.25, 0.3) is 0 Å². The van der Waals surface area contributed by atoms with Crippen LogP contribution in [0.1, 0.15) is 41.5 Å². The summed E-state index contributed by atoms with van der Waals surface area (Å²) in [7, 11) is 0. The van der Waals surface area contributed by atoms with Crippen molar-refractivity contribution in [2.24, 2.45) is 0 Å². The van der Waals surface area contributed by atoms with E-state index in [-0.39, 0.29) is 19.8 Å².